The van der Waals surface area contributed by atoms with Crippen molar-refractivity contribution in [3.05, 3.63) is 84.2 Å². The van der Waals surface area contributed by atoms with Gasteiger partial charge in [-0.25, -0.2) is 0 Å². The lowest BCUT2D eigenvalue weighted by molar-refractivity contribution is 0.102. The van der Waals surface area contributed by atoms with Crippen molar-refractivity contribution < 1.29 is 14.1 Å². The van der Waals surface area contributed by atoms with Crippen LogP contribution >= 0.6 is 0 Å². The third-order valence-corrected chi connectivity index (χ3v) is 7.19. The van der Waals surface area contributed by atoms with Crippen LogP contribution in [0.5, 0.6) is 5.75 Å². The fourth-order valence-corrected chi connectivity index (χ4v) is 5.29. The van der Waals surface area contributed by atoms with Gasteiger partial charge in [0, 0.05) is 36.2 Å². The molecule has 3 unspecified atom stereocenters. The normalized spacial score (nSPS) is 18.2. The van der Waals surface area contributed by atoms with E-state index < -0.39 is 11.4 Å². The molecule has 0 bridgehead atoms. The minimum absolute atomic E-state index is 0.0468. The Kier molecular flexibility index (Phi) is 7.06. The number of carbonyl (C=O) groups excluding carboxylic acids is 1. The molecule has 3 aromatic rings. The number of nitrogens with one attached hydrogen (secondary N) is 1. The van der Waals surface area contributed by atoms with Gasteiger partial charge in [-0.3, -0.25) is 9.78 Å². The van der Waals surface area contributed by atoms with E-state index in [9.17, 15) is 9.35 Å². The van der Waals surface area contributed by atoms with Gasteiger partial charge in [0.25, 0.3) is 5.91 Å². The molecule has 8 heteroatoms. The van der Waals surface area contributed by atoms with Crippen LogP contribution in [0.15, 0.2) is 78.0 Å². The summed E-state index contributed by atoms with van der Waals surface area (Å²) >= 11 is -1.30. The molecule has 0 aliphatic carbocycles. The Bertz CT molecular complexity index is 1030. The average Bonchev–Trinajstić information content (AvgIpc) is 3.34. The molecule has 4 rings (SSSR count). The fraction of sp³-hybridized carbons (Fsp3) is 0.250. The van der Waals surface area contributed by atoms with E-state index in [4.69, 9.17) is 10.5 Å². The van der Waals surface area contributed by atoms with E-state index in [-0.39, 0.29) is 18.0 Å². The minimum atomic E-state index is -1.30. The number of carbonyl (C=O) groups is 1. The summed E-state index contributed by atoms with van der Waals surface area (Å²) in [6, 6.07) is 17.7. The Balaban J connectivity index is 1.44. The maximum absolute atomic E-state index is 13.2. The van der Waals surface area contributed by atoms with Crippen LogP contribution in [0.25, 0.3) is 0 Å². The van der Waals surface area contributed by atoms with Gasteiger partial charge in [-0.1, -0.05) is 12.1 Å². The van der Waals surface area contributed by atoms with Crippen molar-refractivity contribution in [2.75, 3.05) is 19.0 Å². The number of aromatic nitrogens is 1. The van der Waals surface area contributed by atoms with E-state index in [1.807, 2.05) is 40.7 Å². The topological polar surface area (TPSA) is 104 Å². The second-order valence-corrected chi connectivity index (χ2v) is 9.05. The van der Waals surface area contributed by atoms with Crippen LogP contribution in [0.3, 0.4) is 0 Å². The zero-order valence-electron chi connectivity index (χ0n) is 17.8. The molecule has 2 aromatic carbocycles. The Morgan fingerprint density at radius 2 is 1.84 bits per heavy atom. The van der Waals surface area contributed by atoms with Crippen molar-refractivity contribution in [3.63, 3.8) is 0 Å². The van der Waals surface area contributed by atoms with Crippen molar-refractivity contribution in [3.8, 4) is 5.75 Å². The predicted molar refractivity (Wildman–Crippen MR) is 125 cm³/mol. The van der Waals surface area contributed by atoms with E-state index in [1.54, 1.807) is 43.8 Å². The van der Waals surface area contributed by atoms with E-state index in [2.05, 4.69) is 10.3 Å². The van der Waals surface area contributed by atoms with Crippen LogP contribution in [0, 0.1) is 0 Å². The maximum atomic E-state index is 13.2. The second kappa shape index (κ2) is 10.1. The first kappa shape index (κ1) is 22.3. The van der Waals surface area contributed by atoms with Crippen LogP contribution in [-0.4, -0.2) is 39.4 Å². The summed E-state index contributed by atoms with van der Waals surface area (Å²) in [4.78, 5) is 17.1. The van der Waals surface area contributed by atoms with Gasteiger partial charge < -0.3 is 20.3 Å². The van der Waals surface area contributed by atoms with Gasteiger partial charge in [-0.15, -0.1) is 4.31 Å². The van der Waals surface area contributed by atoms with Gasteiger partial charge in [-0.2, -0.15) is 0 Å². The SMILES string of the molecule is COc1ccc([S+]([O-])N2CCCC2C(N)c2ccc(C(=O)Nc3ccncc3)cc2)cc1. The number of amides is 1. The molecule has 1 saturated heterocycles. The highest BCUT2D eigenvalue weighted by Crippen LogP contribution is 2.33. The van der Waals surface area contributed by atoms with Crippen LogP contribution in [0.1, 0.15) is 34.8 Å². The number of methoxy groups -OCH3 is 1. The third kappa shape index (κ3) is 4.94. The van der Waals surface area contributed by atoms with Gasteiger partial charge in [0.2, 0.25) is 0 Å². The average molecular weight is 451 g/mol. The Hall–Kier alpha value is -2.91. The fourth-order valence-electron chi connectivity index (χ4n) is 3.88. The molecule has 3 N–H and O–H groups in total. The first-order valence-corrected chi connectivity index (χ1v) is 11.6. The molecule has 1 aliphatic rings. The summed E-state index contributed by atoms with van der Waals surface area (Å²) < 4.78 is 20.3. The summed E-state index contributed by atoms with van der Waals surface area (Å²) in [6.07, 6.45) is 5.06. The summed E-state index contributed by atoms with van der Waals surface area (Å²) in [5, 5.41) is 2.84. The predicted octanol–water partition coefficient (Wildman–Crippen LogP) is 3.53. The standard InChI is InChI=1S/C24H26N4O3S/c1-31-20-8-10-21(11-9-20)32(30)28-16-2-3-22(28)23(25)17-4-6-18(7-5-17)24(29)27-19-12-14-26-15-13-19/h4-15,22-23H,2-3,16,25H2,1H3,(H,26,27,29). The lowest BCUT2D eigenvalue weighted by atomic mass is 9.98. The van der Waals surface area contributed by atoms with Gasteiger partial charge in [0.15, 0.2) is 4.90 Å². The molecule has 1 aliphatic heterocycles. The minimum Gasteiger partial charge on any atom is -0.593 e. The number of hydrogen-bond acceptors (Lipinski definition) is 6. The number of pyridine rings is 1. The van der Waals surface area contributed by atoms with Crippen molar-refractivity contribution >= 4 is 23.0 Å². The van der Waals surface area contributed by atoms with Crippen LogP contribution < -0.4 is 15.8 Å². The lowest BCUT2D eigenvalue weighted by Gasteiger charge is -2.29. The largest absolute Gasteiger partial charge is 0.593 e. The van der Waals surface area contributed by atoms with Gasteiger partial charge in [-0.05, 0) is 66.9 Å². The third-order valence-electron chi connectivity index (χ3n) is 5.63. The molecule has 166 valence electrons. The highest BCUT2D eigenvalue weighted by molar-refractivity contribution is 7.89. The smallest absolute Gasteiger partial charge is 0.255 e. The zero-order chi connectivity index (χ0) is 22.5. The maximum Gasteiger partial charge on any atom is 0.255 e. The highest BCUT2D eigenvalue weighted by Gasteiger charge is 2.39. The zero-order valence-corrected chi connectivity index (χ0v) is 18.6. The first-order valence-electron chi connectivity index (χ1n) is 10.5. The Morgan fingerprint density at radius 3 is 2.50 bits per heavy atom. The van der Waals surface area contributed by atoms with Crippen LogP contribution in [0.4, 0.5) is 5.69 Å². The summed E-state index contributed by atoms with van der Waals surface area (Å²) in [5.74, 6) is 0.535. The second-order valence-electron chi connectivity index (χ2n) is 7.61. The monoisotopic (exact) mass is 450 g/mol. The lowest BCUT2D eigenvalue weighted by Crippen LogP contribution is -2.42. The quantitative estimate of drug-likeness (QED) is 0.534. The summed E-state index contributed by atoms with van der Waals surface area (Å²) in [5.41, 5.74) is 8.74. The number of anilines is 1. The molecule has 1 amide bonds. The molecule has 1 fully saturated rings. The molecule has 2 heterocycles. The number of hydrogen-bond donors (Lipinski definition) is 2. The molecule has 0 radical (unpaired) electrons. The van der Waals surface area contributed by atoms with Gasteiger partial charge in [0.1, 0.15) is 5.75 Å². The van der Waals surface area contributed by atoms with Crippen molar-refractivity contribution in [1.29, 1.82) is 0 Å². The number of nitrogens with zero attached hydrogens (tertiary/aromatic N) is 2. The first-order chi connectivity index (χ1) is 15.6. The van der Waals surface area contributed by atoms with Crippen molar-refractivity contribution in [2.45, 2.75) is 29.8 Å². The van der Waals surface area contributed by atoms with Gasteiger partial charge >= 0.3 is 0 Å². The number of benzene rings is 2. The van der Waals surface area contributed by atoms with Crippen LogP contribution in [0.2, 0.25) is 0 Å². The van der Waals surface area contributed by atoms with Crippen molar-refractivity contribution in [2.24, 2.45) is 5.73 Å². The molecule has 1 aromatic heterocycles. The van der Waals surface area contributed by atoms with Crippen LogP contribution in [-0.2, 0) is 11.4 Å². The molecule has 0 saturated carbocycles. The van der Waals surface area contributed by atoms with Crippen molar-refractivity contribution in [1.82, 2.24) is 9.29 Å². The Labute approximate surface area is 190 Å². The number of rotatable bonds is 7. The Morgan fingerprint density at radius 1 is 1.16 bits per heavy atom. The molecular weight excluding hydrogens is 424 g/mol. The number of ether oxygens (including phenoxy) is 1. The highest BCUT2D eigenvalue weighted by atomic mass is 32.2. The molecule has 3 atom stereocenters. The molecule has 32 heavy (non-hydrogen) atoms. The number of nitrogens with two attached hydrogens (primary N) is 1. The van der Waals surface area contributed by atoms with E-state index >= 15 is 0 Å². The summed E-state index contributed by atoms with van der Waals surface area (Å²) in [6.45, 7) is 0.726. The molecular formula is C24H26N4O3S. The van der Waals surface area contributed by atoms with E-state index in [0.29, 0.717) is 11.3 Å². The molecule has 0 spiro atoms. The molecule has 7 nitrogen and oxygen atoms in total. The van der Waals surface area contributed by atoms with E-state index in [0.717, 1.165) is 35.6 Å². The van der Waals surface area contributed by atoms with E-state index in [1.165, 1.54) is 0 Å². The van der Waals surface area contributed by atoms with Gasteiger partial charge in [0.05, 0.1) is 24.5 Å². The summed E-state index contributed by atoms with van der Waals surface area (Å²) in [7, 11) is 1.61.